The van der Waals surface area contributed by atoms with Crippen LogP contribution in [-0.2, 0) is 16.0 Å². The van der Waals surface area contributed by atoms with Crippen LogP contribution in [0.2, 0.25) is 0 Å². The number of nitrogens with zero attached hydrogens (tertiary/aromatic N) is 4. The van der Waals surface area contributed by atoms with E-state index in [9.17, 15) is 19.2 Å². The Kier molecular flexibility index (Phi) is 10.4. The van der Waals surface area contributed by atoms with Crippen molar-refractivity contribution in [2.75, 3.05) is 20.2 Å². The van der Waals surface area contributed by atoms with Crippen LogP contribution in [0, 0.1) is 6.92 Å². The Hall–Kier alpha value is -4.93. The number of aryl methyl sites for hydroxylation is 1. The lowest BCUT2D eigenvalue weighted by atomic mass is 10.1. The maximum atomic E-state index is 14.2. The number of hydrogen-bond acceptors (Lipinski definition) is 7. The molecule has 1 atom stereocenters. The molecule has 0 saturated heterocycles. The molecule has 2 aromatic heterocycles. The van der Waals surface area contributed by atoms with E-state index in [1.54, 1.807) is 44.0 Å². The lowest BCUT2D eigenvalue weighted by Crippen LogP contribution is -2.41. The molecule has 2 aromatic carbocycles. The highest BCUT2D eigenvalue weighted by atomic mass is 16.6. The zero-order chi connectivity index (χ0) is 32.7. The van der Waals surface area contributed by atoms with Gasteiger partial charge in [-0.2, -0.15) is 5.10 Å². The summed E-state index contributed by atoms with van der Waals surface area (Å²) in [6.45, 7) is 9.95. The van der Waals surface area contributed by atoms with Crippen molar-refractivity contribution < 1.29 is 23.9 Å². The van der Waals surface area contributed by atoms with Crippen LogP contribution in [0.25, 0.3) is 5.52 Å². The Labute approximate surface area is 262 Å². The highest BCUT2D eigenvalue weighted by Crippen LogP contribution is 2.26. The molecule has 1 unspecified atom stereocenters. The fraction of sp³-hybridized carbons (Fsp3) is 0.382. The van der Waals surface area contributed by atoms with E-state index in [-0.39, 0.29) is 36.6 Å². The van der Waals surface area contributed by atoms with Crippen LogP contribution in [0.1, 0.15) is 84.2 Å². The number of hydrogen-bond donors (Lipinski definition) is 1. The van der Waals surface area contributed by atoms with Gasteiger partial charge >= 0.3 is 12.1 Å². The van der Waals surface area contributed by atoms with Gasteiger partial charge < -0.3 is 19.7 Å². The van der Waals surface area contributed by atoms with E-state index in [0.29, 0.717) is 24.2 Å². The summed E-state index contributed by atoms with van der Waals surface area (Å²) in [5, 5.41) is 7.59. The third kappa shape index (κ3) is 7.97. The van der Waals surface area contributed by atoms with Gasteiger partial charge in [0.1, 0.15) is 11.1 Å². The molecule has 0 fully saturated rings. The maximum Gasteiger partial charge on any atom is 0.407 e. The molecule has 45 heavy (non-hydrogen) atoms. The van der Waals surface area contributed by atoms with Gasteiger partial charge in [-0.25, -0.2) is 14.1 Å². The van der Waals surface area contributed by atoms with Gasteiger partial charge in [-0.3, -0.25) is 14.2 Å². The van der Waals surface area contributed by atoms with E-state index in [1.807, 2.05) is 56.3 Å². The van der Waals surface area contributed by atoms with Crippen LogP contribution >= 0.6 is 0 Å². The van der Waals surface area contributed by atoms with E-state index in [0.717, 1.165) is 11.1 Å². The molecule has 0 bridgehead atoms. The molecule has 11 nitrogen and oxygen atoms in total. The second-order valence-corrected chi connectivity index (χ2v) is 11.8. The minimum absolute atomic E-state index is 0.0920. The molecule has 0 radical (unpaired) electrons. The molecule has 4 rings (SSSR count). The Bertz CT molecular complexity index is 1700. The highest BCUT2D eigenvalue weighted by molar-refractivity contribution is 5.97. The van der Waals surface area contributed by atoms with Crippen LogP contribution in [0.5, 0.6) is 0 Å². The normalized spacial score (nSPS) is 12.0. The second kappa shape index (κ2) is 14.2. The first-order valence-corrected chi connectivity index (χ1v) is 15.0. The minimum Gasteiger partial charge on any atom is -0.465 e. The molecule has 0 spiro atoms. The smallest absolute Gasteiger partial charge is 0.407 e. The Balaban J connectivity index is 1.79. The van der Waals surface area contributed by atoms with Gasteiger partial charge in [-0.05, 0) is 64.3 Å². The van der Waals surface area contributed by atoms with Gasteiger partial charge in [-0.15, -0.1) is 0 Å². The molecule has 1 N–H and O–H groups in total. The standard InChI is InChI=1S/C34H41N5O6/c1-7-27(37(30(40)25-16-14-23(2)15-17-25)20-11-19-35-33(43)45-34(3,4)5)29-36-39-21-18-26(32(42)44-6)28(39)31(41)38(29)22-24-12-9-8-10-13-24/h8-10,12-18,21,27H,7,11,19-20,22H2,1-6H3,(H,35,43). The number of esters is 1. The molecular formula is C34H41N5O6. The van der Waals surface area contributed by atoms with E-state index < -0.39 is 29.3 Å². The summed E-state index contributed by atoms with van der Waals surface area (Å²) < 4.78 is 13.2. The number of benzene rings is 2. The SMILES string of the molecule is CCC(c1nn2ccc(C(=O)OC)c2c(=O)n1Cc1ccccc1)N(CCCNC(=O)OC(C)(C)C)C(=O)c1ccc(C)cc1. The topological polar surface area (TPSA) is 124 Å². The first-order chi connectivity index (χ1) is 21.4. The van der Waals surface area contributed by atoms with Crippen molar-refractivity contribution in [2.45, 2.75) is 65.6 Å². The third-order valence-electron chi connectivity index (χ3n) is 7.25. The predicted molar refractivity (Wildman–Crippen MR) is 170 cm³/mol. The number of amides is 2. The zero-order valence-corrected chi connectivity index (χ0v) is 26.7. The fourth-order valence-corrected chi connectivity index (χ4v) is 5.11. The molecule has 0 aliphatic heterocycles. The lowest BCUT2D eigenvalue weighted by Gasteiger charge is -2.32. The summed E-state index contributed by atoms with van der Waals surface area (Å²) in [4.78, 5) is 54.8. The number of aromatic nitrogens is 3. The molecular weight excluding hydrogens is 574 g/mol. The lowest BCUT2D eigenvalue weighted by molar-refractivity contribution is 0.0521. The fourth-order valence-electron chi connectivity index (χ4n) is 5.11. The van der Waals surface area contributed by atoms with E-state index in [2.05, 4.69) is 5.32 Å². The Morgan fingerprint density at radius 1 is 1.02 bits per heavy atom. The summed E-state index contributed by atoms with van der Waals surface area (Å²) in [5.74, 6) is -0.509. The van der Waals surface area contributed by atoms with Crippen molar-refractivity contribution in [1.82, 2.24) is 24.4 Å². The van der Waals surface area contributed by atoms with Crippen molar-refractivity contribution in [3.8, 4) is 0 Å². The maximum absolute atomic E-state index is 14.2. The van der Waals surface area contributed by atoms with Crippen molar-refractivity contribution in [3.63, 3.8) is 0 Å². The average molecular weight is 616 g/mol. The van der Waals surface area contributed by atoms with Gasteiger partial charge in [-0.1, -0.05) is 55.0 Å². The molecule has 0 aliphatic carbocycles. The molecule has 4 aromatic rings. The van der Waals surface area contributed by atoms with Crippen LogP contribution < -0.4 is 10.9 Å². The van der Waals surface area contributed by atoms with Gasteiger partial charge in [0.2, 0.25) is 0 Å². The van der Waals surface area contributed by atoms with Crippen LogP contribution in [0.3, 0.4) is 0 Å². The van der Waals surface area contributed by atoms with Crippen molar-refractivity contribution in [1.29, 1.82) is 0 Å². The van der Waals surface area contributed by atoms with Gasteiger partial charge in [0.25, 0.3) is 11.5 Å². The number of rotatable bonds is 11. The van der Waals surface area contributed by atoms with Crippen molar-refractivity contribution in [3.05, 3.63) is 105 Å². The van der Waals surface area contributed by atoms with E-state index in [1.165, 1.54) is 22.3 Å². The zero-order valence-electron chi connectivity index (χ0n) is 26.7. The highest BCUT2D eigenvalue weighted by Gasteiger charge is 2.31. The number of fused-ring (bicyclic) bond motifs is 1. The largest absolute Gasteiger partial charge is 0.465 e. The van der Waals surface area contributed by atoms with Gasteiger partial charge in [0.05, 0.1) is 25.3 Å². The molecule has 2 amide bonds. The van der Waals surface area contributed by atoms with Crippen LogP contribution in [-0.4, -0.2) is 62.9 Å². The number of carbonyl (C=O) groups excluding carboxylic acids is 3. The van der Waals surface area contributed by atoms with Crippen molar-refractivity contribution >= 4 is 23.5 Å². The molecule has 2 heterocycles. The first kappa shape index (κ1) is 33.0. The second-order valence-electron chi connectivity index (χ2n) is 11.8. The van der Waals surface area contributed by atoms with Gasteiger partial charge in [0, 0.05) is 24.8 Å². The minimum atomic E-state index is -0.642. The quantitative estimate of drug-likeness (QED) is 0.183. The summed E-state index contributed by atoms with van der Waals surface area (Å²) in [6, 6.07) is 17.6. The van der Waals surface area contributed by atoms with Crippen molar-refractivity contribution in [2.24, 2.45) is 0 Å². The number of ether oxygens (including phenoxy) is 2. The molecule has 0 saturated carbocycles. The summed E-state index contributed by atoms with van der Waals surface area (Å²) >= 11 is 0. The Morgan fingerprint density at radius 3 is 2.33 bits per heavy atom. The third-order valence-corrected chi connectivity index (χ3v) is 7.25. The molecule has 0 aliphatic rings. The van der Waals surface area contributed by atoms with E-state index in [4.69, 9.17) is 14.6 Å². The number of carbonyl (C=O) groups is 3. The Morgan fingerprint density at radius 2 is 1.71 bits per heavy atom. The average Bonchev–Trinajstić information content (AvgIpc) is 3.44. The van der Waals surface area contributed by atoms with Crippen LogP contribution in [0.4, 0.5) is 4.79 Å². The summed E-state index contributed by atoms with van der Waals surface area (Å²) in [5.41, 5.74) is 1.50. The number of methoxy groups -OCH3 is 1. The molecule has 238 valence electrons. The molecule has 11 heteroatoms. The predicted octanol–water partition coefficient (Wildman–Crippen LogP) is 5.15. The van der Waals surface area contributed by atoms with E-state index >= 15 is 0 Å². The first-order valence-electron chi connectivity index (χ1n) is 15.0. The number of nitrogens with one attached hydrogen (secondary N) is 1. The van der Waals surface area contributed by atoms with Crippen LogP contribution in [0.15, 0.2) is 71.7 Å². The van der Waals surface area contributed by atoms with Gasteiger partial charge in [0.15, 0.2) is 5.82 Å². The summed E-state index contributed by atoms with van der Waals surface area (Å²) in [6.07, 6.45) is 1.87. The number of alkyl carbamates (subject to hydrolysis) is 1. The monoisotopic (exact) mass is 615 g/mol. The summed E-state index contributed by atoms with van der Waals surface area (Å²) in [7, 11) is 1.26.